The van der Waals surface area contributed by atoms with Gasteiger partial charge < -0.3 is 9.80 Å². The first-order valence-electron chi connectivity index (χ1n) is 9.82. The number of carbonyl (C=O) groups excluding carboxylic acids is 2. The van der Waals surface area contributed by atoms with E-state index in [9.17, 15) is 14.0 Å². The second-order valence-electron chi connectivity index (χ2n) is 7.42. The Bertz CT molecular complexity index is 853. The molecular formula is C21H24FN5O2. The summed E-state index contributed by atoms with van der Waals surface area (Å²) in [5.74, 6) is -0.253. The molecule has 2 aromatic rings. The van der Waals surface area contributed by atoms with Crippen molar-refractivity contribution in [3.05, 3.63) is 65.7 Å². The molecule has 7 nitrogen and oxygen atoms in total. The number of hydrogen-bond donors (Lipinski definition) is 2. The molecule has 0 radical (unpaired) electrons. The van der Waals surface area contributed by atoms with Crippen molar-refractivity contribution in [2.45, 2.75) is 24.9 Å². The van der Waals surface area contributed by atoms with Crippen LogP contribution in [0.4, 0.5) is 4.39 Å². The zero-order chi connectivity index (χ0) is 20.2. The first kappa shape index (κ1) is 19.5. The molecular weight excluding hydrogens is 373 g/mol. The van der Waals surface area contributed by atoms with Gasteiger partial charge in [-0.2, -0.15) is 0 Å². The van der Waals surface area contributed by atoms with Crippen molar-refractivity contribution in [1.82, 2.24) is 25.6 Å². The van der Waals surface area contributed by atoms with Gasteiger partial charge in [0.1, 0.15) is 11.9 Å². The molecule has 2 fully saturated rings. The number of benzene rings is 1. The van der Waals surface area contributed by atoms with E-state index in [4.69, 9.17) is 0 Å². The van der Waals surface area contributed by atoms with Crippen molar-refractivity contribution in [3.8, 4) is 0 Å². The Morgan fingerprint density at radius 3 is 2.31 bits per heavy atom. The summed E-state index contributed by atoms with van der Waals surface area (Å²) in [5, 5.41) is 0. The third-order valence-corrected chi connectivity index (χ3v) is 5.52. The maximum atomic E-state index is 13.0. The third-order valence-electron chi connectivity index (χ3n) is 5.52. The average Bonchev–Trinajstić information content (AvgIpc) is 3.26. The first-order chi connectivity index (χ1) is 14.1. The van der Waals surface area contributed by atoms with E-state index in [2.05, 4.69) is 15.8 Å². The fourth-order valence-electron chi connectivity index (χ4n) is 3.82. The normalized spacial score (nSPS) is 22.0. The summed E-state index contributed by atoms with van der Waals surface area (Å²) in [5.41, 5.74) is 8.17. The predicted octanol–water partition coefficient (Wildman–Crippen LogP) is 1.04. The summed E-state index contributed by atoms with van der Waals surface area (Å²) in [4.78, 5) is 32.9. The van der Waals surface area contributed by atoms with Crippen molar-refractivity contribution in [1.29, 1.82) is 0 Å². The van der Waals surface area contributed by atoms with E-state index in [-0.39, 0.29) is 36.1 Å². The maximum Gasteiger partial charge on any atom is 0.241 e. The van der Waals surface area contributed by atoms with Crippen LogP contribution in [-0.2, 0) is 16.0 Å². The first-order valence-corrected chi connectivity index (χ1v) is 9.82. The molecule has 2 N–H and O–H groups in total. The molecule has 8 heteroatoms. The van der Waals surface area contributed by atoms with Crippen LogP contribution in [0.15, 0.2) is 48.8 Å². The lowest BCUT2D eigenvalue weighted by Crippen LogP contribution is -2.54. The lowest BCUT2D eigenvalue weighted by molar-refractivity contribution is -0.140. The lowest BCUT2D eigenvalue weighted by Gasteiger charge is -2.36. The second-order valence-corrected chi connectivity index (χ2v) is 7.42. The van der Waals surface area contributed by atoms with Gasteiger partial charge in [-0.15, -0.1) is 0 Å². The molecule has 1 aromatic carbocycles. The Morgan fingerprint density at radius 1 is 0.966 bits per heavy atom. The standard InChI is InChI=1S/C21H24FN5O2/c22-17-3-1-15(2-4-17)13-20(28)26-9-11-27(12-10-26)21(29)19-14-18(24-25-19)16-5-7-23-8-6-16/h1-8,18-19,24-25H,9-14H2. The maximum absolute atomic E-state index is 13.0. The number of nitrogens with zero attached hydrogens (tertiary/aromatic N) is 3. The summed E-state index contributed by atoms with van der Waals surface area (Å²) < 4.78 is 13.0. The van der Waals surface area contributed by atoms with Gasteiger partial charge in [0.15, 0.2) is 0 Å². The topological polar surface area (TPSA) is 77.6 Å². The fourth-order valence-corrected chi connectivity index (χ4v) is 3.82. The van der Waals surface area contributed by atoms with Crippen molar-refractivity contribution in [2.24, 2.45) is 0 Å². The number of hydrazine groups is 1. The Balaban J connectivity index is 1.26. The van der Waals surface area contributed by atoms with E-state index in [1.807, 2.05) is 17.0 Å². The lowest BCUT2D eigenvalue weighted by atomic mass is 10.0. The van der Waals surface area contributed by atoms with Crippen molar-refractivity contribution in [3.63, 3.8) is 0 Å². The minimum atomic E-state index is -0.311. The number of aromatic nitrogens is 1. The quantitative estimate of drug-likeness (QED) is 0.806. The smallest absolute Gasteiger partial charge is 0.241 e. The van der Waals surface area contributed by atoms with Crippen LogP contribution >= 0.6 is 0 Å². The predicted molar refractivity (Wildman–Crippen MR) is 105 cm³/mol. The number of hydrogen-bond acceptors (Lipinski definition) is 5. The van der Waals surface area contributed by atoms with Crippen LogP contribution in [-0.4, -0.2) is 58.8 Å². The molecule has 2 aliphatic heterocycles. The molecule has 152 valence electrons. The highest BCUT2D eigenvalue weighted by molar-refractivity contribution is 5.83. The molecule has 4 rings (SSSR count). The molecule has 29 heavy (non-hydrogen) atoms. The minimum absolute atomic E-state index is 0.00196. The average molecular weight is 397 g/mol. The number of carbonyl (C=O) groups is 2. The van der Waals surface area contributed by atoms with Gasteiger partial charge in [0.05, 0.1) is 6.42 Å². The SMILES string of the molecule is O=C(Cc1ccc(F)cc1)N1CCN(C(=O)C2CC(c3ccncc3)NN2)CC1. The summed E-state index contributed by atoms with van der Waals surface area (Å²) in [6, 6.07) is 9.66. The molecule has 2 aliphatic rings. The molecule has 2 atom stereocenters. The zero-order valence-corrected chi connectivity index (χ0v) is 16.1. The minimum Gasteiger partial charge on any atom is -0.339 e. The fraction of sp³-hybridized carbons (Fsp3) is 0.381. The van der Waals surface area contributed by atoms with Crippen LogP contribution in [0.5, 0.6) is 0 Å². The number of nitrogens with one attached hydrogen (secondary N) is 2. The van der Waals surface area contributed by atoms with Crippen molar-refractivity contribution in [2.75, 3.05) is 26.2 Å². The van der Waals surface area contributed by atoms with Crippen LogP contribution in [0, 0.1) is 5.82 Å². The van der Waals surface area contributed by atoms with Crippen LogP contribution in [0.25, 0.3) is 0 Å². The number of amides is 2. The van der Waals surface area contributed by atoms with E-state index < -0.39 is 0 Å². The Morgan fingerprint density at radius 2 is 1.62 bits per heavy atom. The van der Waals surface area contributed by atoms with E-state index in [0.29, 0.717) is 32.6 Å². The van der Waals surface area contributed by atoms with Crippen LogP contribution in [0.2, 0.25) is 0 Å². The molecule has 3 heterocycles. The van der Waals surface area contributed by atoms with Crippen LogP contribution < -0.4 is 10.9 Å². The third kappa shape index (κ3) is 4.60. The van der Waals surface area contributed by atoms with E-state index in [0.717, 1.165) is 11.1 Å². The largest absolute Gasteiger partial charge is 0.339 e. The number of halogens is 1. The van der Waals surface area contributed by atoms with Gasteiger partial charge >= 0.3 is 0 Å². The summed E-state index contributed by atoms with van der Waals surface area (Å²) in [7, 11) is 0. The summed E-state index contributed by atoms with van der Waals surface area (Å²) in [6.07, 6.45) is 4.41. The van der Waals surface area contributed by atoms with Gasteiger partial charge in [0, 0.05) is 44.6 Å². The van der Waals surface area contributed by atoms with Gasteiger partial charge in [-0.3, -0.25) is 14.6 Å². The molecule has 1 aromatic heterocycles. The van der Waals surface area contributed by atoms with E-state index >= 15 is 0 Å². The Kier molecular flexibility index (Phi) is 5.82. The monoisotopic (exact) mass is 397 g/mol. The number of pyridine rings is 1. The van der Waals surface area contributed by atoms with Gasteiger partial charge in [-0.1, -0.05) is 12.1 Å². The van der Waals surface area contributed by atoms with Crippen molar-refractivity contribution >= 4 is 11.8 Å². The highest BCUT2D eigenvalue weighted by atomic mass is 19.1. The molecule has 0 aliphatic carbocycles. The zero-order valence-electron chi connectivity index (χ0n) is 16.1. The number of rotatable bonds is 4. The van der Waals surface area contributed by atoms with Gasteiger partial charge in [0.2, 0.25) is 11.8 Å². The summed E-state index contributed by atoms with van der Waals surface area (Å²) in [6.45, 7) is 2.07. The summed E-state index contributed by atoms with van der Waals surface area (Å²) >= 11 is 0. The van der Waals surface area contributed by atoms with Gasteiger partial charge in [-0.05, 0) is 41.8 Å². The van der Waals surface area contributed by atoms with Gasteiger partial charge in [0.25, 0.3) is 0 Å². The number of piperazine rings is 1. The Hall–Kier alpha value is -2.84. The molecule has 0 bridgehead atoms. The molecule has 0 saturated carbocycles. The van der Waals surface area contributed by atoms with Gasteiger partial charge in [-0.25, -0.2) is 15.2 Å². The van der Waals surface area contributed by atoms with E-state index in [1.54, 1.807) is 29.4 Å². The van der Waals surface area contributed by atoms with Crippen molar-refractivity contribution < 1.29 is 14.0 Å². The van der Waals surface area contributed by atoms with Crippen LogP contribution in [0.1, 0.15) is 23.6 Å². The molecule has 2 saturated heterocycles. The van der Waals surface area contributed by atoms with Crippen LogP contribution in [0.3, 0.4) is 0 Å². The molecule has 2 amide bonds. The molecule has 2 unspecified atom stereocenters. The Labute approximate surface area is 168 Å². The van der Waals surface area contributed by atoms with E-state index in [1.165, 1.54) is 12.1 Å². The highest BCUT2D eigenvalue weighted by Crippen LogP contribution is 2.22. The molecule has 0 spiro atoms. The second kappa shape index (κ2) is 8.67. The highest BCUT2D eigenvalue weighted by Gasteiger charge is 2.34.